The third kappa shape index (κ3) is 3.25. The van der Waals surface area contributed by atoms with Crippen LogP contribution >= 0.6 is 0 Å². The maximum absolute atomic E-state index is 10.8. The highest BCUT2D eigenvalue weighted by Crippen LogP contribution is 2.16. The zero-order chi connectivity index (χ0) is 12.0. The molecule has 1 heterocycles. The Morgan fingerprint density at radius 3 is 3.00 bits per heavy atom. The van der Waals surface area contributed by atoms with Crippen LogP contribution in [0.15, 0.2) is 18.3 Å². The number of methoxy groups -OCH3 is 1. The number of hydrogen-bond donors (Lipinski definition) is 1. The lowest BCUT2D eigenvalue weighted by Crippen LogP contribution is -2.32. The van der Waals surface area contributed by atoms with Crippen LogP contribution in [-0.4, -0.2) is 36.7 Å². The first kappa shape index (κ1) is 12.5. The molecule has 0 saturated carbocycles. The molecule has 0 fully saturated rings. The molecule has 16 heavy (non-hydrogen) atoms. The summed E-state index contributed by atoms with van der Waals surface area (Å²) >= 11 is 0. The summed E-state index contributed by atoms with van der Waals surface area (Å²) in [5, 5.41) is 13.8. The molecule has 6 heteroatoms. The lowest BCUT2D eigenvalue weighted by Gasteiger charge is -2.14. The van der Waals surface area contributed by atoms with Crippen LogP contribution in [0.3, 0.4) is 0 Å². The Hall–Kier alpha value is -1.53. The van der Waals surface area contributed by atoms with E-state index in [9.17, 15) is 10.1 Å². The van der Waals surface area contributed by atoms with Crippen LogP contribution < -0.4 is 5.32 Å². The number of ether oxygens (including phenoxy) is 1. The molecular formula is C10H15N3O3. The molecule has 0 aliphatic heterocycles. The van der Waals surface area contributed by atoms with Crippen molar-refractivity contribution in [1.82, 2.24) is 10.3 Å². The lowest BCUT2D eigenvalue weighted by molar-refractivity contribution is -0.386. The molecule has 6 nitrogen and oxygen atoms in total. The average molecular weight is 225 g/mol. The van der Waals surface area contributed by atoms with Gasteiger partial charge < -0.3 is 10.1 Å². The first-order chi connectivity index (χ1) is 7.69. The second kappa shape index (κ2) is 6.14. The van der Waals surface area contributed by atoms with Crippen LogP contribution in [0.4, 0.5) is 5.69 Å². The minimum absolute atomic E-state index is 0.0265. The van der Waals surface area contributed by atoms with Crippen LogP contribution in [0, 0.1) is 10.1 Å². The normalized spacial score (nSPS) is 12.4. The molecular weight excluding hydrogens is 210 g/mol. The molecule has 88 valence electrons. The average Bonchev–Trinajstić information content (AvgIpc) is 2.29. The number of nitrogens with zero attached hydrogens (tertiary/aromatic N) is 2. The smallest absolute Gasteiger partial charge is 0.290 e. The number of likely N-dealkylation sites (N-methyl/N-ethyl adjacent to an activating group) is 1. The number of aromatic nitrogens is 1. The first-order valence-corrected chi connectivity index (χ1v) is 4.93. The topological polar surface area (TPSA) is 77.3 Å². The van der Waals surface area contributed by atoms with Gasteiger partial charge >= 0.3 is 0 Å². The summed E-state index contributed by atoms with van der Waals surface area (Å²) in [6, 6.07) is 3.05. The molecule has 0 saturated heterocycles. The van der Waals surface area contributed by atoms with Gasteiger partial charge in [-0.1, -0.05) is 0 Å². The zero-order valence-electron chi connectivity index (χ0n) is 9.34. The van der Waals surface area contributed by atoms with Gasteiger partial charge in [0.15, 0.2) is 0 Å². The summed E-state index contributed by atoms with van der Waals surface area (Å²) in [5.74, 6) is 0. The zero-order valence-corrected chi connectivity index (χ0v) is 9.34. The second-order valence-electron chi connectivity index (χ2n) is 3.37. The van der Waals surface area contributed by atoms with Gasteiger partial charge in [-0.15, -0.1) is 0 Å². The maximum atomic E-state index is 10.8. The van der Waals surface area contributed by atoms with Gasteiger partial charge in [0.25, 0.3) is 5.69 Å². The minimum Gasteiger partial charge on any atom is -0.383 e. The molecule has 0 aromatic carbocycles. The van der Waals surface area contributed by atoms with E-state index in [2.05, 4.69) is 10.3 Å². The van der Waals surface area contributed by atoms with Gasteiger partial charge in [-0.2, -0.15) is 0 Å². The Labute approximate surface area is 93.8 Å². The van der Waals surface area contributed by atoms with E-state index in [0.29, 0.717) is 18.7 Å². The number of nitro groups is 1. The fourth-order valence-electron chi connectivity index (χ4n) is 1.43. The monoisotopic (exact) mass is 225 g/mol. The van der Waals surface area contributed by atoms with Crippen LogP contribution in [0.1, 0.15) is 5.69 Å². The van der Waals surface area contributed by atoms with Crippen molar-refractivity contribution in [3.05, 3.63) is 34.1 Å². The summed E-state index contributed by atoms with van der Waals surface area (Å²) < 4.78 is 5.01. The minimum atomic E-state index is -0.415. The predicted octanol–water partition coefficient (Wildman–Crippen LogP) is 0.767. The Balaban J connectivity index is 2.82. The molecule has 1 unspecified atom stereocenters. The molecule has 0 aliphatic carbocycles. The Bertz CT molecular complexity index is 357. The summed E-state index contributed by atoms with van der Waals surface area (Å²) in [6.45, 7) is 0.490. The second-order valence-corrected chi connectivity index (χ2v) is 3.37. The first-order valence-electron chi connectivity index (χ1n) is 4.93. The van der Waals surface area contributed by atoms with Crippen LogP contribution in [0.25, 0.3) is 0 Å². The van der Waals surface area contributed by atoms with Crippen molar-refractivity contribution in [2.75, 3.05) is 20.8 Å². The molecule has 0 aliphatic rings. The predicted molar refractivity (Wildman–Crippen MR) is 59.3 cm³/mol. The van der Waals surface area contributed by atoms with E-state index in [0.717, 1.165) is 0 Å². The Morgan fingerprint density at radius 1 is 1.69 bits per heavy atom. The largest absolute Gasteiger partial charge is 0.383 e. The van der Waals surface area contributed by atoms with Crippen molar-refractivity contribution >= 4 is 5.69 Å². The van der Waals surface area contributed by atoms with Crippen molar-refractivity contribution in [2.45, 2.75) is 12.5 Å². The van der Waals surface area contributed by atoms with Crippen LogP contribution in [0.5, 0.6) is 0 Å². The van der Waals surface area contributed by atoms with E-state index in [4.69, 9.17) is 4.74 Å². The third-order valence-corrected chi connectivity index (χ3v) is 2.28. The Kier molecular flexibility index (Phi) is 4.81. The van der Waals surface area contributed by atoms with Gasteiger partial charge in [0.05, 0.1) is 11.5 Å². The van der Waals surface area contributed by atoms with E-state index < -0.39 is 4.92 Å². The van der Waals surface area contributed by atoms with Crippen molar-refractivity contribution in [3.63, 3.8) is 0 Å². The highest BCUT2D eigenvalue weighted by Gasteiger charge is 2.17. The fraction of sp³-hybridized carbons (Fsp3) is 0.500. The summed E-state index contributed by atoms with van der Waals surface area (Å²) in [7, 11) is 3.38. The van der Waals surface area contributed by atoms with E-state index in [1.165, 1.54) is 6.07 Å². The third-order valence-electron chi connectivity index (χ3n) is 2.28. The molecule has 1 N–H and O–H groups in total. The molecule has 0 spiro atoms. The van der Waals surface area contributed by atoms with Gasteiger partial charge in [0.1, 0.15) is 5.69 Å². The van der Waals surface area contributed by atoms with Crippen LogP contribution in [0.2, 0.25) is 0 Å². The van der Waals surface area contributed by atoms with Gasteiger partial charge in [-0.25, -0.2) is 0 Å². The fourth-order valence-corrected chi connectivity index (χ4v) is 1.43. The van der Waals surface area contributed by atoms with Crippen molar-refractivity contribution < 1.29 is 9.66 Å². The SMILES string of the molecule is CNC(COC)Cc1ncccc1[N+](=O)[O-]. The lowest BCUT2D eigenvalue weighted by atomic mass is 10.1. The number of pyridine rings is 1. The van der Waals surface area contributed by atoms with Gasteiger partial charge in [0.2, 0.25) is 0 Å². The summed E-state index contributed by atoms with van der Waals surface area (Å²) in [5.41, 5.74) is 0.530. The quantitative estimate of drug-likeness (QED) is 0.571. The highest BCUT2D eigenvalue weighted by atomic mass is 16.6. The van der Waals surface area contributed by atoms with Gasteiger partial charge in [0, 0.05) is 31.8 Å². The van der Waals surface area contributed by atoms with E-state index in [-0.39, 0.29) is 11.7 Å². The van der Waals surface area contributed by atoms with Crippen molar-refractivity contribution in [2.24, 2.45) is 0 Å². The molecule has 1 aromatic heterocycles. The number of rotatable bonds is 6. The molecule has 0 bridgehead atoms. The Morgan fingerprint density at radius 2 is 2.44 bits per heavy atom. The molecule has 1 atom stereocenters. The van der Waals surface area contributed by atoms with Crippen LogP contribution in [-0.2, 0) is 11.2 Å². The van der Waals surface area contributed by atoms with E-state index in [1.54, 1.807) is 26.4 Å². The number of hydrogen-bond acceptors (Lipinski definition) is 5. The van der Waals surface area contributed by atoms with Gasteiger partial charge in [-0.05, 0) is 13.1 Å². The van der Waals surface area contributed by atoms with E-state index >= 15 is 0 Å². The standard InChI is InChI=1S/C10H15N3O3/c1-11-8(7-16-2)6-9-10(13(14)15)4-3-5-12-9/h3-5,8,11H,6-7H2,1-2H3. The maximum Gasteiger partial charge on any atom is 0.290 e. The summed E-state index contributed by atoms with van der Waals surface area (Å²) in [4.78, 5) is 14.4. The molecule has 1 aromatic rings. The molecule has 0 radical (unpaired) electrons. The number of nitrogens with one attached hydrogen (secondary N) is 1. The van der Waals surface area contributed by atoms with Gasteiger partial charge in [-0.3, -0.25) is 15.1 Å². The molecule has 0 amide bonds. The highest BCUT2D eigenvalue weighted by molar-refractivity contribution is 5.34. The van der Waals surface area contributed by atoms with E-state index in [1.807, 2.05) is 0 Å². The molecule has 1 rings (SSSR count). The van der Waals surface area contributed by atoms with Crippen molar-refractivity contribution in [1.29, 1.82) is 0 Å². The van der Waals surface area contributed by atoms with Crippen molar-refractivity contribution in [3.8, 4) is 0 Å². The summed E-state index contributed by atoms with van der Waals surface area (Å²) in [6.07, 6.45) is 2.03.